The van der Waals surface area contributed by atoms with Crippen LogP contribution in [0.1, 0.15) is 29.8 Å². The fourth-order valence-corrected chi connectivity index (χ4v) is 4.52. The minimum absolute atomic E-state index is 0.160. The van der Waals surface area contributed by atoms with Gasteiger partial charge in [0.25, 0.3) is 5.91 Å². The zero-order valence-corrected chi connectivity index (χ0v) is 17.5. The van der Waals surface area contributed by atoms with Crippen LogP contribution in [0.4, 0.5) is 0 Å². The number of rotatable bonds is 7. The van der Waals surface area contributed by atoms with Gasteiger partial charge in [-0.1, -0.05) is 48.0 Å². The standard InChI is InChI=1S/C19H23BrN2O3S/c1-4-22(5-2)26(24,25)17-12-10-15(11-13-17)19(23)21(3)14-16-8-6-7-9-18(16)20/h6-13H,4-5,14H2,1-3H3. The molecule has 0 fully saturated rings. The van der Waals surface area contributed by atoms with Gasteiger partial charge in [-0.05, 0) is 35.9 Å². The summed E-state index contributed by atoms with van der Waals surface area (Å²) in [6.45, 7) is 4.88. The summed E-state index contributed by atoms with van der Waals surface area (Å²) in [6, 6.07) is 13.8. The van der Waals surface area contributed by atoms with Gasteiger partial charge in [-0.2, -0.15) is 4.31 Å². The van der Waals surface area contributed by atoms with E-state index in [0.717, 1.165) is 10.0 Å². The van der Waals surface area contributed by atoms with Gasteiger partial charge in [-0.15, -0.1) is 0 Å². The molecule has 0 N–H and O–H groups in total. The fraction of sp³-hybridized carbons (Fsp3) is 0.316. The Morgan fingerprint density at radius 2 is 1.58 bits per heavy atom. The molecule has 2 aromatic carbocycles. The highest BCUT2D eigenvalue weighted by Crippen LogP contribution is 2.20. The smallest absolute Gasteiger partial charge is 0.253 e. The molecule has 140 valence electrons. The molecule has 7 heteroatoms. The Labute approximate surface area is 163 Å². The molecular weight excluding hydrogens is 416 g/mol. The number of halogens is 1. The molecule has 5 nitrogen and oxygen atoms in total. The highest BCUT2D eigenvalue weighted by molar-refractivity contribution is 9.10. The minimum Gasteiger partial charge on any atom is -0.337 e. The van der Waals surface area contributed by atoms with Crippen molar-refractivity contribution < 1.29 is 13.2 Å². The summed E-state index contributed by atoms with van der Waals surface area (Å²) in [5.41, 5.74) is 1.46. The summed E-state index contributed by atoms with van der Waals surface area (Å²) in [5.74, 6) is -0.160. The quantitative estimate of drug-likeness (QED) is 0.661. The predicted molar refractivity (Wildman–Crippen MR) is 106 cm³/mol. The molecule has 0 unspecified atom stereocenters. The third kappa shape index (κ3) is 4.52. The molecular formula is C19H23BrN2O3S. The largest absolute Gasteiger partial charge is 0.337 e. The second-order valence-electron chi connectivity index (χ2n) is 5.87. The maximum atomic E-state index is 12.6. The van der Waals surface area contributed by atoms with Crippen LogP contribution in [0.3, 0.4) is 0 Å². The zero-order valence-electron chi connectivity index (χ0n) is 15.1. The SMILES string of the molecule is CCN(CC)S(=O)(=O)c1ccc(C(=O)N(C)Cc2ccccc2Br)cc1. The van der Waals surface area contributed by atoms with E-state index in [-0.39, 0.29) is 10.8 Å². The van der Waals surface area contributed by atoms with Crippen molar-refractivity contribution >= 4 is 31.9 Å². The van der Waals surface area contributed by atoms with Crippen molar-refractivity contribution in [2.45, 2.75) is 25.3 Å². The van der Waals surface area contributed by atoms with E-state index in [4.69, 9.17) is 0 Å². The Morgan fingerprint density at radius 1 is 1.00 bits per heavy atom. The normalized spacial score (nSPS) is 11.6. The van der Waals surface area contributed by atoms with Crippen molar-refractivity contribution in [3.63, 3.8) is 0 Å². The van der Waals surface area contributed by atoms with Gasteiger partial charge in [0.2, 0.25) is 10.0 Å². The van der Waals surface area contributed by atoms with Gasteiger partial charge in [-0.3, -0.25) is 4.79 Å². The number of carbonyl (C=O) groups is 1. The van der Waals surface area contributed by atoms with Crippen molar-refractivity contribution in [3.05, 3.63) is 64.1 Å². The van der Waals surface area contributed by atoms with Crippen molar-refractivity contribution in [1.29, 1.82) is 0 Å². The first-order valence-corrected chi connectivity index (χ1v) is 10.6. The van der Waals surface area contributed by atoms with Gasteiger partial charge in [0.15, 0.2) is 0 Å². The first-order chi connectivity index (χ1) is 12.3. The number of sulfonamides is 1. The first kappa shape index (κ1) is 20.6. The second-order valence-corrected chi connectivity index (χ2v) is 8.66. The zero-order chi connectivity index (χ0) is 19.3. The minimum atomic E-state index is -3.52. The van der Waals surface area contributed by atoms with Crippen LogP contribution in [-0.2, 0) is 16.6 Å². The van der Waals surface area contributed by atoms with E-state index < -0.39 is 10.0 Å². The Balaban J connectivity index is 2.17. The fourth-order valence-electron chi connectivity index (χ4n) is 2.66. The van der Waals surface area contributed by atoms with Crippen molar-refractivity contribution in [3.8, 4) is 0 Å². The van der Waals surface area contributed by atoms with Gasteiger partial charge in [-0.25, -0.2) is 8.42 Å². The van der Waals surface area contributed by atoms with Crippen LogP contribution < -0.4 is 0 Å². The summed E-state index contributed by atoms with van der Waals surface area (Å²) < 4.78 is 27.4. The van der Waals surface area contributed by atoms with Crippen LogP contribution >= 0.6 is 15.9 Å². The lowest BCUT2D eigenvalue weighted by Crippen LogP contribution is -2.30. The average Bonchev–Trinajstić information content (AvgIpc) is 2.64. The Morgan fingerprint density at radius 3 is 2.12 bits per heavy atom. The Hall–Kier alpha value is -1.70. The van der Waals surface area contributed by atoms with Gasteiger partial charge < -0.3 is 4.90 Å². The lowest BCUT2D eigenvalue weighted by molar-refractivity contribution is 0.0784. The van der Waals surface area contributed by atoms with E-state index in [1.54, 1.807) is 37.9 Å². The molecule has 0 heterocycles. The van der Waals surface area contributed by atoms with E-state index in [9.17, 15) is 13.2 Å². The first-order valence-electron chi connectivity index (χ1n) is 8.40. The number of hydrogen-bond acceptors (Lipinski definition) is 3. The number of hydrogen-bond donors (Lipinski definition) is 0. The molecule has 2 rings (SSSR count). The van der Waals surface area contributed by atoms with Gasteiger partial charge >= 0.3 is 0 Å². The van der Waals surface area contributed by atoms with Crippen molar-refractivity contribution in [2.24, 2.45) is 0 Å². The van der Waals surface area contributed by atoms with Crippen LogP contribution in [0.15, 0.2) is 57.9 Å². The number of carbonyl (C=O) groups excluding carboxylic acids is 1. The predicted octanol–water partition coefficient (Wildman–Crippen LogP) is 3.75. The van der Waals surface area contributed by atoms with Crippen molar-refractivity contribution in [1.82, 2.24) is 9.21 Å². The summed E-state index contributed by atoms with van der Waals surface area (Å²) in [6.07, 6.45) is 0. The molecule has 0 aromatic heterocycles. The highest BCUT2D eigenvalue weighted by atomic mass is 79.9. The Kier molecular flexibility index (Phi) is 6.97. The third-order valence-corrected chi connectivity index (χ3v) is 6.99. The summed E-state index contributed by atoms with van der Waals surface area (Å²) in [5, 5.41) is 0. The molecule has 26 heavy (non-hydrogen) atoms. The van der Waals surface area contributed by atoms with E-state index >= 15 is 0 Å². The van der Waals surface area contributed by atoms with E-state index in [1.807, 2.05) is 24.3 Å². The van der Waals surface area contributed by atoms with Gasteiger partial charge in [0.1, 0.15) is 0 Å². The molecule has 0 aliphatic heterocycles. The molecule has 0 spiro atoms. The molecule has 2 aromatic rings. The number of amides is 1. The van der Waals surface area contributed by atoms with Crippen LogP contribution in [0.5, 0.6) is 0 Å². The number of benzene rings is 2. The molecule has 0 saturated carbocycles. The second kappa shape index (κ2) is 8.79. The third-order valence-electron chi connectivity index (χ3n) is 4.16. The summed E-state index contributed by atoms with van der Waals surface area (Å²) in [4.78, 5) is 14.4. The summed E-state index contributed by atoms with van der Waals surface area (Å²) in [7, 11) is -1.79. The molecule has 0 bridgehead atoms. The number of nitrogens with zero attached hydrogens (tertiary/aromatic N) is 2. The monoisotopic (exact) mass is 438 g/mol. The molecule has 1 amide bonds. The van der Waals surface area contributed by atoms with Gasteiger partial charge in [0, 0.05) is 36.7 Å². The van der Waals surface area contributed by atoms with Gasteiger partial charge in [0.05, 0.1) is 4.90 Å². The Bertz CT molecular complexity index is 863. The van der Waals surface area contributed by atoms with Crippen LogP contribution in [0.2, 0.25) is 0 Å². The average molecular weight is 439 g/mol. The molecule has 0 aliphatic rings. The molecule has 0 atom stereocenters. The van der Waals surface area contributed by atoms with Crippen molar-refractivity contribution in [2.75, 3.05) is 20.1 Å². The van der Waals surface area contributed by atoms with E-state index in [0.29, 0.717) is 25.2 Å². The summed E-state index contributed by atoms with van der Waals surface area (Å²) >= 11 is 3.48. The highest BCUT2D eigenvalue weighted by Gasteiger charge is 2.22. The molecule has 0 saturated heterocycles. The maximum Gasteiger partial charge on any atom is 0.253 e. The van der Waals surface area contributed by atoms with Crippen LogP contribution in [0.25, 0.3) is 0 Å². The van der Waals surface area contributed by atoms with Crippen LogP contribution in [-0.4, -0.2) is 43.7 Å². The lowest BCUT2D eigenvalue weighted by Gasteiger charge is -2.20. The van der Waals surface area contributed by atoms with E-state index in [2.05, 4.69) is 15.9 Å². The lowest BCUT2D eigenvalue weighted by atomic mass is 10.1. The topological polar surface area (TPSA) is 57.7 Å². The van der Waals surface area contributed by atoms with E-state index in [1.165, 1.54) is 16.4 Å². The molecule has 0 aliphatic carbocycles. The maximum absolute atomic E-state index is 12.6. The molecule has 0 radical (unpaired) electrons. The van der Waals surface area contributed by atoms with Crippen LogP contribution in [0, 0.1) is 0 Å².